The lowest BCUT2D eigenvalue weighted by Gasteiger charge is -2.11. The minimum absolute atomic E-state index is 0.366. The second kappa shape index (κ2) is 5.66. The first kappa shape index (κ1) is 13.2. The summed E-state index contributed by atoms with van der Waals surface area (Å²) >= 11 is 0. The summed E-state index contributed by atoms with van der Waals surface area (Å²) in [5, 5.41) is 0.889. The Hall–Kier alpha value is -2.82. The van der Waals surface area contributed by atoms with E-state index < -0.39 is 0 Å². The van der Waals surface area contributed by atoms with E-state index in [9.17, 15) is 0 Å². The molecule has 5 heteroatoms. The molecule has 0 saturated carbocycles. The van der Waals surface area contributed by atoms with Gasteiger partial charge < -0.3 is 15.2 Å². The van der Waals surface area contributed by atoms with Crippen LogP contribution in [0.15, 0.2) is 48.8 Å². The number of benzene rings is 1. The zero-order chi connectivity index (χ0) is 14.7. The van der Waals surface area contributed by atoms with Crippen LogP contribution in [0.5, 0.6) is 11.6 Å². The zero-order valence-corrected chi connectivity index (χ0v) is 11.6. The van der Waals surface area contributed by atoms with Gasteiger partial charge in [-0.05, 0) is 36.4 Å². The van der Waals surface area contributed by atoms with Crippen LogP contribution in [0.3, 0.4) is 0 Å². The fourth-order valence-corrected chi connectivity index (χ4v) is 2.17. The van der Waals surface area contributed by atoms with E-state index >= 15 is 0 Å². The summed E-state index contributed by atoms with van der Waals surface area (Å²) in [4.78, 5) is 8.44. The van der Waals surface area contributed by atoms with Crippen molar-refractivity contribution in [2.75, 3.05) is 12.8 Å². The lowest BCUT2D eigenvalue weighted by molar-refractivity contribution is 0.297. The molecule has 2 N–H and O–H groups in total. The molecule has 0 saturated heterocycles. The summed E-state index contributed by atoms with van der Waals surface area (Å²) < 4.78 is 11.1. The fourth-order valence-electron chi connectivity index (χ4n) is 2.17. The van der Waals surface area contributed by atoms with Crippen molar-refractivity contribution in [2.24, 2.45) is 0 Å². The van der Waals surface area contributed by atoms with Crippen molar-refractivity contribution in [1.82, 2.24) is 9.97 Å². The Kier molecular flexibility index (Phi) is 3.55. The number of rotatable bonds is 4. The number of methoxy groups -OCH3 is 1. The minimum Gasteiger partial charge on any atom is -0.488 e. The smallest absolute Gasteiger partial charge is 0.219 e. The number of anilines is 1. The second-order valence-electron chi connectivity index (χ2n) is 4.51. The predicted molar refractivity (Wildman–Crippen MR) is 81.3 cm³/mol. The molecule has 21 heavy (non-hydrogen) atoms. The van der Waals surface area contributed by atoms with E-state index in [1.54, 1.807) is 25.6 Å². The lowest BCUT2D eigenvalue weighted by atomic mass is 10.1. The molecule has 0 bridgehead atoms. The van der Waals surface area contributed by atoms with E-state index in [4.69, 9.17) is 15.2 Å². The maximum absolute atomic E-state index is 5.93. The molecule has 2 heterocycles. The maximum atomic E-state index is 5.93. The van der Waals surface area contributed by atoms with Gasteiger partial charge in [0.1, 0.15) is 12.4 Å². The number of nitrogens with two attached hydrogens (primary N) is 1. The molecule has 3 aromatic rings. The molecule has 5 nitrogen and oxygen atoms in total. The molecule has 3 rings (SSSR count). The first-order valence-electron chi connectivity index (χ1n) is 6.53. The van der Waals surface area contributed by atoms with Gasteiger partial charge >= 0.3 is 0 Å². The van der Waals surface area contributed by atoms with Crippen molar-refractivity contribution < 1.29 is 9.47 Å². The summed E-state index contributed by atoms with van der Waals surface area (Å²) in [6.07, 6.45) is 3.40. The Bertz CT molecular complexity index is 774. The van der Waals surface area contributed by atoms with Gasteiger partial charge in [0.05, 0.1) is 23.9 Å². The van der Waals surface area contributed by atoms with Gasteiger partial charge in [-0.2, -0.15) is 0 Å². The molecule has 0 spiro atoms. The van der Waals surface area contributed by atoms with E-state index in [1.165, 1.54) is 0 Å². The van der Waals surface area contributed by atoms with E-state index in [-0.39, 0.29) is 0 Å². The van der Waals surface area contributed by atoms with Crippen molar-refractivity contribution in [1.29, 1.82) is 0 Å². The third-order valence-corrected chi connectivity index (χ3v) is 3.19. The van der Waals surface area contributed by atoms with E-state index in [2.05, 4.69) is 9.97 Å². The number of aromatic nitrogens is 2. The zero-order valence-electron chi connectivity index (χ0n) is 11.6. The molecule has 0 aliphatic carbocycles. The van der Waals surface area contributed by atoms with Crippen molar-refractivity contribution in [3.63, 3.8) is 0 Å². The number of fused-ring (bicyclic) bond motifs is 1. The molecule has 0 atom stereocenters. The Labute approximate surface area is 122 Å². The van der Waals surface area contributed by atoms with Crippen LogP contribution in [0.4, 0.5) is 5.69 Å². The number of hydrogen-bond acceptors (Lipinski definition) is 5. The Balaban J connectivity index is 1.91. The van der Waals surface area contributed by atoms with Gasteiger partial charge in [-0.25, -0.2) is 4.98 Å². The van der Waals surface area contributed by atoms with Crippen molar-refractivity contribution in [2.45, 2.75) is 6.61 Å². The van der Waals surface area contributed by atoms with Gasteiger partial charge in [0.2, 0.25) is 5.88 Å². The number of ether oxygens (including phenoxy) is 2. The summed E-state index contributed by atoms with van der Waals surface area (Å²) in [7, 11) is 1.59. The predicted octanol–water partition coefficient (Wildman–Crippen LogP) is 2.80. The van der Waals surface area contributed by atoms with E-state index in [0.29, 0.717) is 18.2 Å². The molecule has 1 aromatic carbocycles. The summed E-state index contributed by atoms with van der Waals surface area (Å²) in [5.74, 6) is 1.30. The molecule has 0 aliphatic heterocycles. The largest absolute Gasteiger partial charge is 0.488 e. The summed E-state index contributed by atoms with van der Waals surface area (Å²) in [6.45, 7) is 0.366. The van der Waals surface area contributed by atoms with Crippen LogP contribution in [-0.4, -0.2) is 17.1 Å². The first-order chi connectivity index (χ1) is 10.3. The Morgan fingerprint density at radius 3 is 2.71 bits per heavy atom. The quantitative estimate of drug-likeness (QED) is 0.745. The van der Waals surface area contributed by atoms with Crippen molar-refractivity contribution >= 4 is 16.6 Å². The maximum Gasteiger partial charge on any atom is 0.219 e. The average Bonchev–Trinajstić information content (AvgIpc) is 2.55. The summed E-state index contributed by atoms with van der Waals surface area (Å²) in [5.41, 5.74) is 8.19. The number of hydrogen-bond donors (Lipinski definition) is 1. The van der Waals surface area contributed by atoms with Crippen molar-refractivity contribution in [3.05, 3.63) is 54.4 Å². The van der Waals surface area contributed by atoms with Gasteiger partial charge in [0.15, 0.2) is 0 Å². The van der Waals surface area contributed by atoms with Crippen LogP contribution >= 0.6 is 0 Å². The fraction of sp³-hybridized carbons (Fsp3) is 0.125. The molecule has 0 radical (unpaired) electrons. The highest BCUT2D eigenvalue weighted by atomic mass is 16.5. The van der Waals surface area contributed by atoms with E-state index in [1.807, 2.05) is 30.3 Å². The highest BCUT2D eigenvalue weighted by Crippen LogP contribution is 2.29. The Morgan fingerprint density at radius 1 is 1.05 bits per heavy atom. The van der Waals surface area contributed by atoms with Crippen LogP contribution in [0.25, 0.3) is 10.9 Å². The van der Waals surface area contributed by atoms with Gasteiger partial charge in [-0.3, -0.25) is 4.98 Å². The van der Waals surface area contributed by atoms with E-state index in [0.717, 1.165) is 22.2 Å². The molecule has 2 aromatic heterocycles. The number of pyridine rings is 2. The van der Waals surface area contributed by atoms with Gasteiger partial charge in [0.25, 0.3) is 0 Å². The monoisotopic (exact) mass is 281 g/mol. The lowest BCUT2D eigenvalue weighted by Crippen LogP contribution is -2.01. The van der Waals surface area contributed by atoms with Gasteiger partial charge in [-0.15, -0.1) is 0 Å². The highest BCUT2D eigenvalue weighted by Gasteiger charge is 2.08. The van der Waals surface area contributed by atoms with Crippen LogP contribution in [0.1, 0.15) is 5.56 Å². The standard InChI is InChI=1S/C16H15N3O2/c1-20-16-11(4-2-9-19-16)10-21-14-7-6-13(17)15-12(14)5-3-8-18-15/h2-9H,10,17H2,1H3. The van der Waals surface area contributed by atoms with Gasteiger partial charge in [-0.1, -0.05) is 0 Å². The molecule has 106 valence electrons. The van der Waals surface area contributed by atoms with Crippen molar-refractivity contribution in [3.8, 4) is 11.6 Å². The van der Waals surface area contributed by atoms with Crippen LogP contribution < -0.4 is 15.2 Å². The second-order valence-corrected chi connectivity index (χ2v) is 4.51. The third-order valence-electron chi connectivity index (χ3n) is 3.19. The molecular formula is C16H15N3O2. The summed E-state index contributed by atoms with van der Waals surface area (Å²) in [6, 6.07) is 11.2. The molecular weight excluding hydrogens is 266 g/mol. The van der Waals surface area contributed by atoms with Gasteiger partial charge in [0, 0.05) is 17.8 Å². The van der Waals surface area contributed by atoms with Crippen LogP contribution in [-0.2, 0) is 6.61 Å². The molecule has 0 unspecified atom stereocenters. The average molecular weight is 281 g/mol. The van der Waals surface area contributed by atoms with Crippen LogP contribution in [0, 0.1) is 0 Å². The van der Waals surface area contributed by atoms with Crippen LogP contribution in [0.2, 0.25) is 0 Å². The number of nitrogen functional groups attached to an aromatic ring is 1. The number of nitrogens with zero attached hydrogens (tertiary/aromatic N) is 2. The minimum atomic E-state index is 0.366. The first-order valence-corrected chi connectivity index (χ1v) is 6.53. The molecule has 0 aliphatic rings. The molecule has 0 fully saturated rings. The third kappa shape index (κ3) is 2.58. The SMILES string of the molecule is COc1ncccc1COc1ccc(N)c2ncccc12. The Morgan fingerprint density at radius 2 is 1.86 bits per heavy atom. The highest BCUT2D eigenvalue weighted by molar-refractivity contribution is 5.93. The topological polar surface area (TPSA) is 70.3 Å². The normalized spacial score (nSPS) is 10.5. The molecule has 0 amide bonds.